The molecule has 8 heteroatoms. The Bertz CT molecular complexity index is 1030. The summed E-state index contributed by atoms with van der Waals surface area (Å²) in [7, 11) is 0. The van der Waals surface area contributed by atoms with E-state index in [0.717, 1.165) is 41.0 Å². The zero-order valence-electron chi connectivity index (χ0n) is 18.6. The lowest BCUT2D eigenvalue weighted by Gasteiger charge is -2.46. The molecule has 2 aromatic rings. The van der Waals surface area contributed by atoms with Crippen molar-refractivity contribution in [3.8, 4) is 11.5 Å². The van der Waals surface area contributed by atoms with Crippen molar-refractivity contribution in [3.63, 3.8) is 0 Å². The van der Waals surface area contributed by atoms with Gasteiger partial charge in [0.15, 0.2) is 11.5 Å². The van der Waals surface area contributed by atoms with Crippen molar-refractivity contribution in [1.29, 1.82) is 0 Å². The molecule has 0 amide bonds. The molecule has 2 saturated heterocycles. The summed E-state index contributed by atoms with van der Waals surface area (Å²) >= 11 is 0. The highest BCUT2D eigenvalue weighted by molar-refractivity contribution is 5.46. The van der Waals surface area contributed by atoms with Crippen LogP contribution in [0.3, 0.4) is 0 Å². The van der Waals surface area contributed by atoms with E-state index >= 15 is 0 Å². The van der Waals surface area contributed by atoms with Crippen molar-refractivity contribution in [2.75, 3.05) is 26.4 Å². The third kappa shape index (κ3) is 3.62. The summed E-state index contributed by atoms with van der Waals surface area (Å²) in [6.45, 7) is 2.48. The minimum absolute atomic E-state index is 0.146. The number of fused-ring (bicyclic) bond motifs is 3. The quantitative estimate of drug-likeness (QED) is 0.507. The number of rotatable bonds is 6. The molecule has 178 valence electrons. The van der Waals surface area contributed by atoms with Crippen molar-refractivity contribution in [2.45, 2.75) is 55.9 Å². The van der Waals surface area contributed by atoms with Gasteiger partial charge in [0.25, 0.3) is 0 Å². The molecule has 0 aromatic heterocycles. The highest BCUT2D eigenvalue weighted by Crippen LogP contribution is 2.49. The Morgan fingerprint density at radius 3 is 2.48 bits per heavy atom. The minimum atomic E-state index is -1.67. The lowest BCUT2D eigenvalue weighted by Crippen LogP contribution is -2.65. The molecule has 2 fully saturated rings. The number of aryl methyl sites for hydroxylation is 1. The Morgan fingerprint density at radius 2 is 1.73 bits per heavy atom. The van der Waals surface area contributed by atoms with Gasteiger partial charge in [0, 0.05) is 5.56 Å². The van der Waals surface area contributed by atoms with E-state index < -0.39 is 36.3 Å². The highest BCUT2D eigenvalue weighted by Gasteiger charge is 2.67. The number of ether oxygens (including phenoxy) is 4. The second-order valence-corrected chi connectivity index (χ2v) is 9.05. The molecule has 3 aliphatic rings. The van der Waals surface area contributed by atoms with Crippen molar-refractivity contribution in [1.82, 2.24) is 0 Å². The van der Waals surface area contributed by atoms with E-state index in [0.29, 0.717) is 25.2 Å². The van der Waals surface area contributed by atoms with Gasteiger partial charge in [0.05, 0.1) is 13.2 Å². The van der Waals surface area contributed by atoms with Gasteiger partial charge in [0.2, 0.25) is 5.79 Å². The molecule has 5 unspecified atom stereocenters. The van der Waals surface area contributed by atoms with Crippen LogP contribution in [-0.2, 0) is 28.1 Å². The number of hydrogen-bond donors (Lipinski definition) is 4. The van der Waals surface area contributed by atoms with Crippen LogP contribution in [-0.4, -0.2) is 70.8 Å². The summed E-state index contributed by atoms with van der Waals surface area (Å²) in [5.41, 5.74) is 2.27. The third-order valence-electron chi connectivity index (χ3n) is 6.86. The summed E-state index contributed by atoms with van der Waals surface area (Å²) in [4.78, 5) is 0. The first-order chi connectivity index (χ1) is 15.9. The standard InChI is InChI=1S/C25H30O8/c1-2-3-16-5-6-18(25-23(29)21(27)22(28)24(13-26,33-25)14-32-25)12-17(16)10-15-4-7-19-20(11-15)31-9-8-30-19/h4-7,11-12,21-23,26-29H,2-3,8-10,13-14H2,1H3. The van der Waals surface area contributed by atoms with E-state index in [1.807, 2.05) is 36.4 Å². The predicted octanol–water partition coefficient (Wildman–Crippen LogP) is 1.03. The van der Waals surface area contributed by atoms with E-state index in [1.165, 1.54) is 0 Å². The topological polar surface area (TPSA) is 118 Å². The van der Waals surface area contributed by atoms with E-state index in [1.54, 1.807) is 0 Å². The van der Waals surface area contributed by atoms with Gasteiger partial charge in [-0.1, -0.05) is 31.5 Å². The maximum Gasteiger partial charge on any atom is 0.225 e. The lowest BCUT2D eigenvalue weighted by atomic mass is 9.83. The minimum Gasteiger partial charge on any atom is -0.486 e. The summed E-state index contributed by atoms with van der Waals surface area (Å²) in [6, 6.07) is 11.6. The van der Waals surface area contributed by atoms with Gasteiger partial charge in [-0.05, 0) is 47.7 Å². The van der Waals surface area contributed by atoms with Crippen LogP contribution in [0, 0.1) is 0 Å². The van der Waals surface area contributed by atoms with Gasteiger partial charge in [0.1, 0.15) is 37.1 Å². The fourth-order valence-electron chi connectivity index (χ4n) is 5.01. The first-order valence-corrected chi connectivity index (χ1v) is 11.4. The summed E-state index contributed by atoms with van der Waals surface area (Å²) in [6.07, 6.45) is -2.06. The molecular weight excluding hydrogens is 428 g/mol. The number of aliphatic hydroxyl groups is 4. The predicted molar refractivity (Wildman–Crippen MR) is 117 cm³/mol. The Balaban J connectivity index is 1.52. The van der Waals surface area contributed by atoms with Gasteiger partial charge in [-0.15, -0.1) is 0 Å². The van der Waals surface area contributed by atoms with Crippen molar-refractivity contribution >= 4 is 0 Å². The maximum absolute atomic E-state index is 10.9. The Hall–Kier alpha value is -2.20. The zero-order valence-corrected chi connectivity index (χ0v) is 18.6. The van der Waals surface area contributed by atoms with Crippen LogP contribution >= 0.6 is 0 Å². The first kappa shape index (κ1) is 22.6. The molecule has 0 radical (unpaired) electrons. The van der Waals surface area contributed by atoms with E-state index in [-0.39, 0.29) is 6.61 Å². The smallest absolute Gasteiger partial charge is 0.225 e. The number of aliphatic hydroxyl groups excluding tert-OH is 4. The van der Waals surface area contributed by atoms with Crippen LogP contribution in [0.2, 0.25) is 0 Å². The van der Waals surface area contributed by atoms with Gasteiger partial charge < -0.3 is 39.4 Å². The third-order valence-corrected chi connectivity index (χ3v) is 6.86. The number of hydrogen-bond acceptors (Lipinski definition) is 8. The molecule has 3 heterocycles. The second-order valence-electron chi connectivity index (χ2n) is 9.05. The molecule has 3 aliphatic heterocycles. The molecule has 5 rings (SSSR count). The Morgan fingerprint density at radius 1 is 0.939 bits per heavy atom. The van der Waals surface area contributed by atoms with Crippen molar-refractivity contribution in [3.05, 3.63) is 58.7 Å². The molecule has 0 aliphatic carbocycles. The zero-order chi connectivity index (χ0) is 23.2. The molecule has 8 nitrogen and oxygen atoms in total. The monoisotopic (exact) mass is 458 g/mol. The van der Waals surface area contributed by atoms with E-state index in [9.17, 15) is 20.4 Å². The molecule has 0 saturated carbocycles. The van der Waals surface area contributed by atoms with Gasteiger partial charge in [-0.2, -0.15) is 0 Å². The SMILES string of the molecule is CCCc1ccc(C23OCC(CO)(O2)C(O)C(O)C3O)cc1Cc1ccc2c(c1)OCCO2. The second kappa shape index (κ2) is 8.54. The lowest BCUT2D eigenvalue weighted by molar-refractivity contribution is -0.329. The average Bonchev–Trinajstić information content (AvgIpc) is 3.23. The molecule has 2 bridgehead atoms. The van der Waals surface area contributed by atoms with Crippen LogP contribution in [0.25, 0.3) is 0 Å². The summed E-state index contributed by atoms with van der Waals surface area (Å²) in [5, 5.41) is 41.7. The normalized spacial score (nSPS) is 32.7. The van der Waals surface area contributed by atoms with E-state index in [4.69, 9.17) is 18.9 Å². The molecule has 4 N–H and O–H groups in total. The summed E-state index contributed by atoms with van der Waals surface area (Å²) < 4.78 is 23.2. The van der Waals surface area contributed by atoms with Crippen LogP contribution in [0.5, 0.6) is 11.5 Å². The fourth-order valence-corrected chi connectivity index (χ4v) is 5.01. The van der Waals surface area contributed by atoms with Gasteiger partial charge in [-0.3, -0.25) is 0 Å². The largest absolute Gasteiger partial charge is 0.486 e. The summed E-state index contributed by atoms with van der Waals surface area (Å²) in [5.74, 6) is -0.217. The van der Waals surface area contributed by atoms with Crippen molar-refractivity contribution < 1.29 is 39.4 Å². The van der Waals surface area contributed by atoms with Gasteiger partial charge >= 0.3 is 0 Å². The average molecular weight is 459 g/mol. The van der Waals surface area contributed by atoms with Crippen LogP contribution in [0.4, 0.5) is 0 Å². The Labute approximate surface area is 192 Å². The number of benzene rings is 2. The highest BCUT2D eigenvalue weighted by atomic mass is 16.8. The molecule has 0 spiro atoms. The maximum atomic E-state index is 10.9. The molecule has 2 aromatic carbocycles. The Kier molecular flexibility index (Phi) is 5.84. The molecule has 33 heavy (non-hydrogen) atoms. The van der Waals surface area contributed by atoms with Crippen molar-refractivity contribution in [2.24, 2.45) is 0 Å². The first-order valence-electron chi connectivity index (χ1n) is 11.4. The van der Waals surface area contributed by atoms with Crippen LogP contribution in [0.15, 0.2) is 36.4 Å². The molecular formula is C25H30O8. The fraction of sp³-hybridized carbons (Fsp3) is 0.520. The van der Waals surface area contributed by atoms with Crippen LogP contribution < -0.4 is 9.47 Å². The van der Waals surface area contributed by atoms with Gasteiger partial charge in [-0.25, -0.2) is 0 Å². The van der Waals surface area contributed by atoms with E-state index in [2.05, 4.69) is 6.92 Å². The van der Waals surface area contributed by atoms with Crippen LogP contribution in [0.1, 0.15) is 35.6 Å². The molecule has 5 atom stereocenters.